The number of benzene rings is 13. The first-order chi connectivity index (χ1) is 37.9. The summed E-state index contributed by atoms with van der Waals surface area (Å²) in [7, 11) is 0. The van der Waals surface area contributed by atoms with Crippen molar-refractivity contribution in [3.05, 3.63) is 242 Å². The smallest absolute Gasteiger partial charge is 0.416 e. The molecule has 0 spiro atoms. The topological polar surface area (TPSA) is 32.8 Å². The monoisotopic (exact) mass is 1030 g/mol. The SMILES string of the molecule is FC(F)(F)c1ccc(N(c2ccc3ccc4ccccc4c3c2)c2cccc3cc4c(cc23)oc2c4cc(N(c3ccc(C(F)(F)F)cc3)c3ccc4ccc5ccccc5c4c3)c3c2oc2ccc4ccccc4c23)cc1. The van der Waals surface area contributed by atoms with Crippen LogP contribution in [-0.2, 0) is 12.4 Å². The number of rotatable bonds is 6. The highest BCUT2D eigenvalue weighted by molar-refractivity contribution is 6.30. The van der Waals surface area contributed by atoms with Crippen molar-refractivity contribution in [1.82, 2.24) is 0 Å². The van der Waals surface area contributed by atoms with Crippen LogP contribution in [0, 0.1) is 0 Å². The number of furan rings is 2. The number of nitrogens with zero attached hydrogens (tertiary/aromatic N) is 2. The van der Waals surface area contributed by atoms with E-state index in [0.717, 1.165) is 105 Å². The highest BCUT2D eigenvalue weighted by Crippen LogP contribution is 2.52. The second-order valence-electron chi connectivity index (χ2n) is 19.8. The van der Waals surface area contributed by atoms with E-state index < -0.39 is 23.5 Å². The standard InChI is InChI=1S/C68H38F6N2O2/c69-67(70,71)45-23-29-47(30-24-45)75(49-27-20-42-18-16-39-8-1-4-12-51(39)54(42)35-49)59-15-7-11-44-34-57-58-37-60(64-63-53-14-6-3-10-41(53)22-33-61(63)77-66(64)65(58)78-62(57)38-56(44)59)76(48-31-25-46(26-32-48)68(72,73)74)50-28-21-43-19-17-40-9-2-5-13-52(40)55(43)36-50/h1-38H. The van der Waals surface area contributed by atoms with E-state index in [2.05, 4.69) is 72.8 Å². The van der Waals surface area contributed by atoms with Gasteiger partial charge in [0.25, 0.3) is 0 Å². The Balaban J connectivity index is 1.01. The molecule has 0 aliphatic heterocycles. The van der Waals surface area contributed by atoms with Crippen LogP contribution in [0.1, 0.15) is 11.1 Å². The van der Waals surface area contributed by atoms with E-state index in [9.17, 15) is 26.3 Å². The van der Waals surface area contributed by atoms with Gasteiger partial charge in [-0.3, -0.25) is 0 Å². The largest absolute Gasteiger partial charge is 0.452 e. The van der Waals surface area contributed by atoms with Gasteiger partial charge in [-0.25, -0.2) is 0 Å². The highest BCUT2D eigenvalue weighted by Gasteiger charge is 2.33. The first-order valence-electron chi connectivity index (χ1n) is 25.4. The lowest BCUT2D eigenvalue weighted by atomic mass is 9.98. The molecule has 0 saturated heterocycles. The van der Waals surface area contributed by atoms with Gasteiger partial charge in [-0.05, 0) is 162 Å². The minimum atomic E-state index is -4.56. The molecule has 0 atom stereocenters. The van der Waals surface area contributed by atoms with Gasteiger partial charge < -0.3 is 18.6 Å². The molecule has 78 heavy (non-hydrogen) atoms. The summed E-state index contributed by atoms with van der Waals surface area (Å²) in [6, 6.07) is 71.1. The van der Waals surface area contributed by atoms with E-state index in [-0.39, 0.29) is 0 Å². The number of hydrogen-bond acceptors (Lipinski definition) is 4. The van der Waals surface area contributed by atoms with Crippen LogP contribution in [-0.4, -0.2) is 0 Å². The molecule has 13 aromatic carbocycles. The van der Waals surface area contributed by atoms with E-state index in [0.29, 0.717) is 61.5 Å². The van der Waals surface area contributed by atoms with Gasteiger partial charge in [-0.1, -0.05) is 127 Å². The van der Waals surface area contributed by atoms with Crippen LogP contribution < -0.4 is 9.80 Å². The van der Waals surface area contributed by atoms with Crippen LogP contribution in [0.25, 0.3) is 109 Å². The van der Waals surface area contributed by atoms with Gasteiger partial charge >= 0.3 is 12.4 Å². The zero-order chi connectivity index (χ0) is 52.6. The van der Waals surface area contributed by atoms with Crippen LogP contribution in [0.4, 0.5) is 60.5 Å². The Morgan fingerprint density at radius 2 is 0.718 bits per heavy atom. The summed E-state index contributed by atoms with van der Waals surface area (Å²) in [6.45, 7) is 0. The molecule has 2 heterocycles. The van der Waals surface area contributed by atoms with Crippen LogP contribution in [0.2, 0.25) is 0 Å². The fourth-order valence-corrected chi connectivity index (χ4v) is 11.7. The maximum absolute atomic E-state index is 14.3. The van der Waals surface area contributed by atoms with Gasteiger partial charge in [0.15, 0.2) is 11.2 Å². The first-order valence-corrected chi connectivity index (χ1v) is 25.4. The third-order valence-electron chi connectivity index (χ3n) is 15.4. The summed E-state index contributed by atoms with van der Waals surface area (Å²) in [5.74, 6) is 0. The molecule has 0 amide bonds. The van der Waals surface area contributed by atoms with Gasteiger partial charge in [0.05, 0.1) is 27.9 Å². The molecule has 0 saturated carbocycles. The lowest BCUT2D eigenvalue weighted by Gasteiger charge is -2.27. The minimum Gasteiger partial charge on any atom is -0.452 e. The average Bonchev–Trinajstić information content (AvgIpc) is 3.86. The van der Waals surface area contributed by atoms with Crippen molar-refractivity contribution >= 4 is 143 Å². The maximum atomic E-state index is 14.3. The molecule has 0 aliphatic rings. The maximum Gasteiger partial charge on any atom is 0.416 e. The predicted octanol–water partition coefficient (Wildman–Crippen LogP) is 21.4. The molecular weight excluding hydrogens is 991 g/mol. The zero-order valence-corrected chi connectivity index (χ0v) is 40.9. The number of alkyl halides is 6. The van der Waals surface area contributed by atoms with E-state index in [4.69, 9.17) is 8.83 Å². The molecule has 4 nitrogen and oxygen atoms in total. The van der Waals surface area contributed by atoms with Crippen molar-refractivity contribution in [3.63, 3.8) is 0 Å². The number of fused-ring (bicyclic) bond motifs is 16. The van der Waals surface area contributed by atoms with E-state index >= 15 is 0 Å². The van der Waals surface area contributed by atoms with Crippen molar-refractivity contribution in [2.45, 2.75) is 12.4 Å². The molecule has 0 aliphatic carbocycles. The van der Waals surface area contributed by atoms with Crippen LogP contribution >= 0.6 is 0 Å². The van der Waals surface area contributed by atoms with Crippen molar-refractivity contribution in [2.75, 3.05) is 9.80 Å². The van der Waals surface area contributed by atoms with Gasteiger partial charge in [-0.15, -0.1) is 0 Å². The molecule has 15 rings (SSSR count). The third-order valence-corrected chi connectivity index (χ3v) is 15.4. The lowest BCUT2D eigenvalue weighted by molar-refractivity contribution is -0.138. The molecule has 15 aromatic rings. The van der Waals surface area contributed by atoms with Crippen molar-refractivity contribution < 1.29 is 35.2 Å². The van der Waals surface area contributed by atoms with Crippen LogP contribution in [0.15, 0.2) is 239 Å². The molecular formula is C68H38F6N2O2. The fourth-order valence-electron chi connectivity index (χ4n) is 11.7. The molecule has 0 radical (unpaired) electrons. The number of halogens is 6. The van der Waals surface area contributed by atoms with Crippen molar-refractivity contribution in [1.29, 1.82) is 0 Å². The average molecular weight is 1030 g/mol. The number of hydrogen-bond donors (Lipinski definition) is 0. The second kappa shape index (κ2) is 16.9. The summed E-state index contributed by atoms with van der Waals surface area (Å²) >= 11 is 0. The quantitative estimate of drug-likeness (QED) is 0.123. The van der Waals surface area contributed by atoms with Crippen molar-refractivity contribution in [2.24, 2.45) is 0 Å². The summed E-state index contributed by atoms with van der Waals surface area (Å²) < 4.78 is 99.2. The normalized spacial score (nSPS) is 12.5. The van der Waals surface area contributed by atoms with Gasteiger partial charge in [-0.2, -0.15) is 26.3 Å². The summed E-state index contributed by atoms with van der Waals surface area (Å²) in [4.78, 5) is 3.99. The third kappa shape index (κ3) is 7.16. The van der Waals surface area contributed by atoms with Crippen LogP contribution in [0.3, 0.4) is 0 Å². The van der Waals surface area contributed by atoms with E-state index in [1.165, 1.54) is 24.3 Å². The summed E-state index contributed by atoms with van der Waals surface area (Å²) in [6.07, 6.45) is -9.09. The van der Waals surface area contributed by atoms with Crippen LogP contribution in [0.5, 0.6) is 0 Å². The Kier molecular flexibility index (Phi) is 9.85. The Bertz CT molecular complexity index is 4960. The molecule has 0 bridgehead atoms. The molecule has 0 unspecified atom stereocenters. The molecule has 0 fully saturated rings. The Hall–Kier alpha value is -9.80. The summed E-state index contributed by atoms with van der Waals surface area (Å²) in [5, 5.41) is 14.6. The first kappa shape index (κ1) is 45.6. The molecule has 2 aromatic heterocycles. The Morgan fingerprint density at radius 1 is 0.269 bits per heavy atom. The van der Waals surface area contributed by atoms with E-state index in [1.54, 1.807) is 0 Å². The Morgan fingerprint density at radius 3 is 1.28 bits per heavy atom. The number of anilines is 6. The predicted molar refractivity (Wildman–Crippen MR) is 305 cm³/mol. The van der Waals surface area contributed by atoms with Gasteiger partial charge in [0.2, 0.25) is 0 Å². The minimum absolute atomic E-state index is 0.451. The van der Waals surface area contributed by atoms with Gasteiger partial charge in [0, 0.05) is 44.3 Å². The molecule has 10 heteroatoms. The molecule has 374 valence electrons. The van der Waals surface area contributed by atoms with Gasteiger partial charge in [0.1, 0.15) is 11.2 Å². The van der Waals surface area contributed by atoms with E-state index in [1.807, 2.05) is 119 Å². The summed E-state index contributed by atoms with van der Waals surface area (Å²) in [5.41, 5.74) is 4.32. The Labute approximate surface area is 439 Å². The van der Waals surface area contributed by atoms with Crippen molar-refractivity contribution in [3.8, 4) is 0 Å². The zero-order valence-electron chi connectivity index (χ0n) is 40.9. The fraction of sp³-hybridized carbons (Fsp3) is 0.0294. The highest BCUT2D eigenvalue weighted by atomic mass is 19.4. The molecule has 0 N–H and O–H groups in total. The second-order valence-corrected chi connectivity index (χ2v) is 19.8. The lowest BCUT2D eigenvalue weighted by Crippen LogP contribution is -2.12.